The minimum Gasteiger partial charge on any atom is -0.492 e. The molecule has 2 N–H and O–H groups in total. The van der Waals surface area contributed by atoms with Gasteiger partial charge in [-0.3, -0.25) is 9.59 Å². The van der Waals surface area contributed by atoms with Gasteiger partial charge in [-0.1, -0.05) is 67.0 Å². The van der Waals surface area contributed by atoms with Crippen molar-refractivity contribution in [2.45, 2.75) is 31.1 Å². The zero-order valence-corrected chi connectivity index (χ0v) is 24.7. The van der Waals surface area contributed by atoms with Gasteiger partial charge in [0, 0.05) is 22.0 Å². The van der Waals surface area contributed by atoms with Gasteiger partial charge >= 0.3 is 0 Å². The average molecular weight is 610 g/mol. The van der Waals surface area contributed by atoms with E-state index in [-0.39, 0.29) is 21.6 Å². The summed E-state index contributed by atoms with van der Waals surface area (Å²) in [5.41, 5.74) is 2.15. The Balaban J connectivity index is 1.67. The molecule has 0 radical (unpaired) electrons. The summed E-state index contributed by atoms with van der Waals surface area (Å²) in [6, 6.07) is 20.9. The number of para-hydroxylation sites is 1. The van der Waals surface area contributed by atoms with Crippen LogP contribution in [0.15, 0.2) is 82.2 Å². The highest BCUT2D eigenvalue weighted by Gasteiger charge is 2.23. The van der Waals surface area contributed by atoms with Crippen molar-refractivity contribution in [3.05, 3.63) is 88.4 Å². The molecule has 0 aliphatic rings. The van der Waals surface area contributed by atoms with Crippen LogP contribution in [-0.4, -0.2) is 33.5 Å². The second-order valence-electron chi connectivity index (χ2n) is 10.2. The Bertz CT molecular complexity index is 1710. The molecule has 4 aromatic rings. The zero-order chi connectivity index (χ0) is 28.5. The molecule has 1 amide bonds. The Labute approximate surface area is 236 Å². The zero-order valence-electron chi connectivity index (χ0n) is 22.3. The minimum atomic E-state index is -3.46. The van der Waals surface area contributed by atoms with Crippen molar-refractivity contribution in [3.63, 3.8) is 0 Å². The van der Waals surface area contributed by atoms with Gasteiger partial charge in [-0.15, -0.1) is 0 Å². The summed E-state index contributed by atoms with van der Waals surface area (Å²) >= 11 is 3.49. The molecule has 0 saturated heterocycles. The summed E-state index contributed by atoms with van der Waals surface area (Å²) < 4.78 is 31.2. The Hall–Kier alpha value is -3.69. The summed E-state index contributed by atoms with van der Waals surface area (Å²) in [5.74, 6) is -1.21. The molecule has 0 unspecified atom stereocenters. The predicted octanol–water partition coefficient (Wildman–Crippen LogP) is 6.88. The highest BCUT2D eigenvalue weighted by atomic mass is 79.9. The van der Waals surface area contributed by atoms with Gasteiger partial charge in [0.2, 0.25) is 0 Å². The van der Waals surface area contributed by atoms with Crippen LogP contribution in [0.1, 0.15) is 36.7 Å². The van der Waals surface area contributed by atoms with Crippen molar-refractivity contribution in [2.75, 3.05) is 24.0 Å². The molecule has 0 aliphatic heterocycles. The summed E-state index contributed by atoms with van der Waals surface area (Å²) in [7, 11) is -2.01. The van der Waals surface area contributed by atoms with Crippen molar-refractivity contribution in [1.29, 1.82) is 0 Å². The van der Waals surface area contributed by atoms with Gasteiger partial charge in [0.1, 0.15) is 0 Å². The van der Waals surface area contributed by atoms with E-state index >= 15 is 0 Å². The smallest absolute Gasteiger partial charge is 0.296 e. The van der Waals surface area contributed by atoms with E-state index in [1.807, 2.05) is 45.0 Å². The molecular formula is C30H29BrN2O5S. The van der Waals surface area contributed by atoms with Crippen LogP contribution >= 0.6 is 15.9 Å². The molecule has 0 bridgehead atoms. The van der Waals surface area contributed by atoms with Crippen LogP contribution < -0.4 is 15.4 Å². The first-order valence-corrected chi connectivity index (χ1v) is 14.8. The van der Waals surface area contributed by atoms with E-state index in [1.165, 1.54) is 13.4 Å². The first kappa shape index (κ1) is 28.3. The number of carbonyl (C=O) groups excluding carboxylic acids is 2. The molecule has 0 saturated carbocycles. The normalized spacial score (nSPS) is 11.7. The van der Waals surface area contributed by atoms with Crippen LogP contribution in [0.4, 0.5) is 17.1 Å². The molecule has 39 heavy (non-hydrogen) atoms. The van der Waals surface area contributed by atoms with E-state index in [2.05, 4.69) is 26.6 Å². The van der Waals surface area contributed by atoms with Gasteiger partial charge in [0.15, 0.2) is 15.6 Å². The highest BCUT2D eigenvalue weighted by molar-refractivity contribution is 9.10. The molecule has 0 atom stereocenters. The SMILES string of the molecule is COc1c(NC(=O)C(=O)c2ccc(Br)c3ccccc23)cccc1Nc1cc(C(C)(C)C)cc(S(C)(=O)=O)c1. The Kier molecular flexibility index (Phi) is 7.86. The van der Waals surface area contributed by atoms with Crippen LogP contribution in [0.5, 0.6) is 5.75 Å². The number of benzene rings is 4. The maximum Gasteiger partial charge on any atom is 0.296 e. The van der Waals surface area contributed by atoms with Gasteiger partial charge in [0.05, 0.1) is 23.4 Å². The molecule has 4 rings (SSSR count). The van der Waals surface area contributed by atoms with Gasteiger partial charge in [-0.25, -0.2) is 8.42 Å². The van der Waals surface area contributed by atoms with Gasteiger partial charge < -0.3 is 15.4 Å². The number of ketones is 1. The second-order valence-corrected chi connectivity index (χ2v) is 13.1. The number of rotatable bonds is 7. The van der Waals surface area contributed by atoms with Crippen LogP contribution in [0.25, 0.3) is 10.8 Å². The number of sulfone groups is 1. The largest absolute Gasteiger partial charge is 0.492 e. The van der Waals surface area contributed by atoms with Crippen molar-refractivity contribution in [3.8, 4) is 5.75 Å². The third kappa shape index (κ3) is 6.15. The number of methoxy groups -OCH3 is 1. The van der Waals surface area contributed by atoms with Gasteiger partial charge in [-0.05, 0) is 64.2 Å². The molecule has 0 aliphatic carbocycles. The lowest BCUT2D eigenvalue weighted by atomic mass is 9.87. The summed E-state index contributed by atoms with van der Waals surface area (Å²) in [5, 5.41) is 7.38. The molecule has 7 nitrogen and oxygen atoms in total. The molecule has 0 fully saturated rings. The molecule has 0 heterocycles. The fourth-order valence-corrected chi connectivity index (χ4v) is 5.35. The fraction of sp³-hybridized carbons (Fsp3) is 0.200. The quantitative estimate of drug-likeness (QED) is 0.175. The van der Waals surface area contributed by atoms with E-state index in [1.54, 1.807) is 48.5 Å². The second kappa shape index (κ2) is 10.8. The first-order chi connectivity index (χ1) is 18.3. The van der Waals surface area contributed by atoms with E-state index < -0.39 is 21.5 Å². The summed E-state index contributed by atoms with van der Waals surface area (Å²) in [6.45, 7) is 6.00. The molecular weight excluding hydrogens is 580 g/mol. The molecule has 0 spiro atoms. The van der Waals surface area contributed by atoms with E-state index in [0.717, 1.165) is 15.4 Å². The monoisotopic (exact) mass is 608 g/mol. The lowest BCUT2D eigenvalue weighted by molar-refractivity contribution is -0.112. The third-order valence-corrected chi connectivity index (χ3v) is 8.05. The number of hydrogen-bond acceptors (Lipinski definition) is 6. The first-order valence-electron chi connectivity index (χ1n) is 12.1. The van der Waals surface area contributed by atoms with E-state index in [0.29, 0.717) is 22.5 Å². The third-order valence-electron chi connectivity index (χ3n) is 6.27. The van der Waals surface area contributed by atoms with E-state index in [9.17, 15) is 18.0 Å². The number of carbonyl (C=O) groups is 2. The summed E-state index contributed by atoms with van der Waals surface area (Å²) in [4.78, 5) is 26.4. The number of nitrogens with one attached hydrogen (secondary N) is 2. The lowest BCUT2D eigenvalue weighted by Crippen LogP contribution is -2.23. The standard InChI is InChI=1S/C30H29BrN2O5S/c1-30(2,3)18-15-19(17-20(16-18)39(5,36)37)32-25-11-8-12-26(28(25)38-4)33-29(35)27(34)23-13-14-24(31)22-10-7-6-9-21(22)23/h6-17,32H,1-5H3,(H,33,35). The Morgan fingerprint density at radius 2 is 1.54 bits per heavy atom. The number of fused-ring (bicyclic) bond motifs is 1. The van der Waals surface area contributed by atoms with Gasteiger partial charge in [-0.2, -0.15) is 0 Å². The number of amides is 1. The van der Waals surface area contributed by atoms with Crippen LogP contribution in [0.2, 0.25) is 0 Å². The molecule has 202 valence electrons. The fourth-order valence-electron chi connectivity index (χ4n) is 4.19. The van der Waals surface area contributed by atoms with Crippen molar-refractivity contribution < 1.29 is 22.7 Å². The van der Waals surface area contributed by atoms with Crippen molar-refractivity contribution in [2.24, 2.45) is 0 Å². The Morgan fingerprint density at radius 3 is 2.18 bits per heavy atom. The molecule has 0 aromatic heterocycles. The number of halogens is 1. The van der Waals surface area contributed by atoms with Crippen LogP contribution in [0.3, 0.4) is 0 Å². The topological polar surface area (TPSA) is 102 Å². The predicted molar refractivity (Wildman–Crippen MR) is 159 cm³/mol. The number of anilines is 3. The number of hydrogen-bond donors (Lipinski definition) is 2. The lowest BCUT2D eigenvalue weighted by Gasteiger charge is -2.22. The van der Waals surface area contributed by atoms with Crippen LogP contribution in [-0.2, 0) is 20.0 Å². The number of ether oxygens (including phenoxy) is 1. The maximum atomic E-state index is 13.2. The summed E-state index contributed by atoms with van der Waals surface area (Å²) in [6.07, 6.45) is 1.17. The van der Waals surface area contributed by atoms with Crippen molar-refractivity contribution in [1.82, 2.24) is 0 Å². The van der Waals surface area contributed by atoms with Crippen LogP contribution in [0, 0.1) is 0 Å². The number of Topliss-reactive ketones (excluding diaryl/α,β-unsaturated/α-hetero) is 1. The van der Waals surface area contributed by atoms with Gasteiger partial charge in [0.25, 0.3) is 11.7 Å². The molecule has 4 aromatic carbocycles. The minimum absolute atomic E-state index is 0.188. The molecule has 9 heteroatoms. The van der Waals surface area contributed by atoms with E-state index in [4.69, 9.17) is 4.74 Å². The average Bonchev–Trinajstić information content (AvgIpc) is 2.87. The van der Waals surface area contributed by atoms with Crippen molar-refractivity contribution >= 4 is 65.3 Å². The Morgan fingerprint density at radius 1 is 0.872 bits per heavy atom. The maximum absolute atomic E-state index is 13.2. The highest BCUT2D eigenvalue weighted by Crippen LogP contribution is 2.37.